The molecule has 0 amide bonds. The summed E-state index contributed by atoms with van der Waals surface area (Å²) in [6.45, 7) is 0. The molecule has 0 saturated heterocycles. The van der Waals surface area contributed by atoms with Gasteiger partial charge in [0.1, 0.15) is 11.6 Å². The summed E-state index contributed by atoms with van der Waals surface area (Å²) in [7, 11) is 1.40. The second kappa shape index (κ2) is 4.59. The van der Waals surface area contributed by atoms with Crippen LogP contribution < -0.4 is 4.74 Å². The Balaban J connectivity index is 2.50. The van der Waals surface area contributed by atoms with Crippen molar-refractivity contribution in [2.45, 2.75) is 0 Å². The van der Waals surface area contributed by atoms with Crippen LogP contribution in [-0.2, 0) is 0 Å². The molecule has 0 atom stereocenters. The number of benzene rings is 1. The normalized spacial score (nSPS) is 10.3. The van der Waals surface area contributed by atoms with Crippen LogP contribution in [0.3, 0.4) is 0 Å². The number of methoxy groups -OCH3 is 1. The van der Waals surface area contributed by atoms with Gasteiger partial charge in [-0.2, -0.15) is 0 Å². The zero-order valence-corrected chi connectivity index (χ0v) is 9.62. The first-order chi connectivity index (χ1) is 8.13. The average molecular weight is 255 g/mol. The van der Waals surface area contributed by atoms with Gasteiger partial charge in [-0.15, -0.1) is 0 Å². The molecule has 1 aromatic carbocycles. The summed E-state index contributed by atoms with van der Waals surface area (Å²) in [5, 5.41) is -0.0266. The van der Waals surface area contributed by atoms with E-state index in [9.17, 15) is 9.18 Å². The fourth-order valence-corrected chi connectivity index (χ4v) is 1.66. The quantitative estimate of drug-likeness (QED) is 0.789. The maximum absolute atomic E-state index is 13.1. The third-order valence-electron chi connectivity index (χ3n) is 2.27. The van der Waals surface area contributed by atoms with E-state index in [4.69, 9.17) is 20.8 Å². The Kier molecular flexibility index (Phi) is 3.15. The molecular formula is C12H8ClFO3. The van der Waals surface area contributed by atoms with Crippen molar-refractivity contribution in [1.29, 1.82) is 0 Å². The van der Waals surface area contributed by atoms with Crippen molar-refractivity contribution >= 4 is 17.4 Å². The third-order valence-corrected chi connectivity index (χ3v) is 2.56. The molecule has 1 aromatic heterocycles. The highest BCUT2D eigenvalue weighted by atomic mass is 35.5. The lowest BCUT2D eigenvalue weighted by Gasteiger charge is -2.06. The minimum atomic E-state index is -0.520. The molecule has 0 fully saturated rings. The lowest BCUT2D eigenvalue weighted by atomic mass is 10.0. The smallest absolute Gasteiger partial charge is 0.204 e. The maximum Gasteiger partial charge on any atom is 0.204 e. The number of hydrogen-bond acceptors (Lipinski definition) is 3. The van der Waals surface area contributed by atoms with Crippen LogP contribution in [0.25, 0.3) is 0 Å². The number of carbonyl (C=O) groups is 1. The lowest BCUT2D eigenvalue weighted by Crippen LogP contribution is -2.04. The van der Waals surface area contributed by atoms with Gasteiger partial charge >= 0.3 is 0 Å². The molecule has 0 aliphatic carbocycles. The van der Waals surface area contributed by atoms with Crippen LogP contribution in [0.1, 0.15) is 15.9 Å². The Morgan fingerprint density at radius 3 is 2.71 bits per heavy atom. The summed E-state index contributed by atoms with van der Waals surface area (Å²) < 4.78 is 22.9. The van der Waals surface area contributed by atoms with E-state index in [-0.39, 0.29) is 22.1 Å². The van der Waals surface area contributed by atoms with Crippen molar-refractivity contribution in [3.05, 3.63) is 52.7 Å². The third kappa shape index (κ3) is 2.17. The molecule has 0 aliphatic rings. The number of halogens is 2. The van der Waals surface area contributed by atoms with Crippen LogP contribution in [0.15, 0.2) is 34.9 Å². The van der Waals surface area contributed by atoms with E-state index >= 15 is 0 Å². The number of ketones is 1. The first-order valence-electron chi connectivity index (χ1n) is 4.74. The van der Waals surface area contributed by atoms with Gasteiger partial charge in [0.15, 0.2) is 0 Å². The molecule has 0 aliphatic heterocycles. The molecule has 3 nitrogen and oxygen atoms in total. The number of furan rings is 1. The van der Waals surface area contributed by atoms with Gasteiger partial charge in [-0.1, -0.05) is 0 Å². The first-order valence-corrected chi connectivity index (χ1v) is 5.12. The molecule has 88 valence electrons. The van der Waals surface area contributed by atoms with Gasteiger partial charge in [0.2, 0.25) is 11.0 Å². The van der Waals surface area contributed by atoms with Gasteiger partial charge in [-0.25, -0.2) is 4.39 Å². The molecule has 0 saturated carbocycles. The molecule has 17 heavy (non-hydrogen) atoms. The van der Waals surface area contributed by atoms with Crippen LogP contribution in [0.4, 0.5) is 4.39 Å². The Bertz CT molecular complexity index is 563. The number of carbonyl (C=O) groups excluding carboxylic acids is 1. The predicted octanol–water partition coefficient (Wildman–Crippen LogP) is 3.31. The Morgan fingerprint density at radius 2 is 2.12 bits per heavy atom. The second-order valence-electron chi connectivity index (χ2n) is 3.28. The molecule has 0 N–H and O–H groups in total. The van der Waals surface area contributed by atoms with Crippen molar-refractivity contribution < 1.29 is 18.3 Å². The van der Waals surface area contributed by atoms with Gasteiger partial charge in [-0.05, 0) is 35.9 Å². The Morgan fingerprint density at radius 1 is 1.35 bits per heavy atom. The molecule has 1 heterocycles. The number of rotatable bonds is 3. The van der Waals surface area contributed by atoms with Gasteiger partial charge in [-0.3, -0.25) is 4.79 Å². The summed E-state index contributed by atoms with van der Waals surface area (Å²) in [5.74, 6) is -0.678. The summed E-state index contributed by atoms with van der Waals surface area (Å²) >= 11 is 5.70. The summed E-state index contributed by atoms with van der Waals surface area (Å²) in [4.78, 5) is 12.1. The fourth-order valence-electron chi connectivity index (χ4n) is 1.46. The van der Waals surface area contributed by atoms with Crippen molar-refractivity contribution in [1.82, 2.24) is 0 Å². The molecule has 0 spiro atoms. The molecular weight excluding hydrogens is 247 g/mol. The van der Waals surface area contributed by atoms with Gasteiger partial charge in [0.05, 0.1) is 24.5 Å². The number of ether oxygens (including phenoxy) is 1. The zero-order valence-electron chi connectivity index (χ0n) is 8.87. The Hall–Kier alpha value is -1.81. The van der Waals surface area contributed by atoms with E-state index in [0.717, 1.165) is 6.07 Å². The van der Waals surface area contributed by atoms with E-state index < -0.39 is 11.6 Å². The summed E-state index contributed by atoms with van der Waals surface area (Å²) in [5.41, 5.74) is 0.284. The fraction of sp³-hybridized carbons (Fsp3) is 0.0833. The molecule has 0 bridgehead atoms. The predicted molar refractivity (Wildman–Crippen MR) is 60.1 cm³/mol. The molecule has 2 rings (SSSR count). The molecule has 0 radical (unpaired) electrons. The van der Waals surface area contributed by atoms with Crippen LogP contribution in [0, 0.1) is 5.82 Å². The van der Waals surface area contributed by atoms with Gasteiger partial charge in [0, 0.05) is 0 Å². The molecule has 0 unspecified atom stereocenters. The largest absolute Gasteiger partial charge is 0.496 e. The monoisotopic (exact) mass is 254 g/mol. The number of hydrogen-bond donors (Lipinski definition) is 0. The Labute approximate surface area is 102 Å². The zero-order chi connectivity index (χ0) is 12.4. The minimum absolute atomic E-state index is 0.0266. The van der Waals surface area contributed by atoms with Crippen LogP contribution in [-0.4, -0.2) is 12.9 Å². The standard InChI is InChI=1S/C12H8ClFO3/c1-16-10-3-2-7(14)6-9(10)11(15)8-4-5-17-12(8)13/h2-6H,1H3. The van der Waals surface area contributed by atoms with Crippen molar-refractivity contribution in [2.75, 3.05) is 7.11 Å². The van der Waals surface area contributed by atoms with E-state index in [1.165, 1.54) is 31.6 Å². The van der Waals surface area contributed by atoms with E-state index in [0.29, 0.717) is 0 Å². The van der Waals surface area contributed by atoms with Crippen molar-refractivity contribution in [3.63, 3.8) is 0 Å². The van der Waals surface area contributed by atoms with Crippen LogP contribution in [0.5, 0.6) is 5.75 Å². The summed E-state index contributed by atoms with van der Waals surface area (Å²) in [6, 6.07) is 5.13. The van der Waals surface area contributed by atoms with Crippen molar-refractivity contribution in [3.8, 4) is 5.75 Å². The van der Waals surface area contributed by atoms with E-state index in [1.807, 2.05) is 0 Å². The van der Waals surface area contributed by atoms with Crippen LogP contribution in [0.2, 0.25) is 5.22 Å². The van der Waals surface area contributed by atoms with E-state index in [2.05, 4.69) is 0 Å². The highest BCUT2D eigenvalue weighted by molar-refractivity contribution is 6.33. The minimum Gasteiger partial charge on any atom is -0.496 e. The highest BCUT2D eigenvalue weighted by Gasteiger charge is 2.19. The summed E-state index contributed by atoms with van der Waals surface area (Å²) in [6.07, 6.45) is 1.29. The SMILES string of the molecule is COc1ccc(F)cc1C(=O)c1ccoc1Cl. The highest BCUT2D eigenvalue weighted by Crippen LogP contribution is 2.26. The molecule has 5 heteroatoms. The first kappa shape index (κ1) is 11.7. The molecule has 2 aromatic rings. The van der Waals surface area contributed by atoms with Gasteiger partial charge in [0.25, 0.3) is 0 Å². The second-order valence-corrected chi connectivity index (χ2v) is 3.62. The van der Waals surface area contributed by atoms with Crippen LogP contribution >= 0.6 is 11.6 Å². The van der Waals surface area contributed by atoms with E-state index in [1.54, 1.807) is 0 Å². The van der Waals surface area contributed by atoms with Crippen molar-refractivity contribution in [2.24, 2.45) is 0 Å². The lowest BCUT2D eigenvalue weighted by molar-refractivity contribution is 0.103. The topological polar surface area (TPSA) is 39.4 Å². The maximum atomic E-state index is 13.1. The average Bonchev–Trinajstić information content (AvgIpc) is 2.74. The van der Waals surface area contributed by atoms with Gasteiger partial charge < -0.3 is 9.15 Å².